The molecular weight excluding hydrogens is 329 g/mol. The predicted molar refractivity (Wildman–Crippen MR) is 66.6 cm³/mol. The molecule has 0 aromatic heterocycles. The third-order valence-corrected chi connectivity index (χ3v) is 2.84. The molecule has 23 heavy (non-hydrogen) atoms. The molecule has 124 valence electrons. The second-order valence-electron chi connectivity index (χ2n) is 4.51. The molecule has 1 aromatic rings. The molecule has 0 atom stereocenters. The van der Waals surface area contributed by atoms with Crippen LogP contribution in [0, 0.1) is 0 Å². The first-order chi connectivity index (χ1) is 10.5. The molecule has 2 N–H and O–H groups in total. The van der Waals surface area contributed by atoms with Gasteiger partial charge in [0.05, 0.1) is 5.69 Å². The maximum absolute atomic E-state index is 12.9. The summed E-state index contributed by atoms with van der Waals surface area (Å²) < 4.78 is 66.9. The largest absolute Gasteiger partial charge is 0.506 e. The van der Waals surface area contributed by atoms with E-state index in [0.29, 0.717) is 0 Å². The zero-order valence-corrected chi connectivity index (χ0v) is 11.1. The quantitative estimate of drug-likeness (QED) is 0.385. The van der Waals surface area contributed by atoms with Gasteiger partial charge in [0.25, 0.3) is 5.91 Å². The van der Waals surface area contributed by atoms with Crippen LogP contribution in [0.4, 0.5) is 27.6 Å². The molecule has 10 heteroatoms. The molecular formula is C13H8F5NO4. The van der Waals surface area contributed by atoms with E-state index >= 15 is 0 Å². The minimum atomic E-state index is -6.04. The number of fused-ring (bicyclic) bond motifs is 1. The zero-order chi connectivity index (χ0) is 17.4. The highest BCUT2D eigenvalue weighted by molar-refractivity contribution is 6.06. The van der Waals surface area contributed by atoms with E-state index in [1.165, 1.54) is 6.07 Å². The van der Waals surface area contributed by atoms with Crippen LogP contribution in [0.5, 0.6) is 5.75 Å². The summed E-state index contributed by atoms with van der Waals surface area (Å²) in [5.74, 6) is -9.59. The van der Waals surface area contributed by atoms with Crippen LogP contribution in [0.25, 0.3) is 0 Å². The summed E-state index contributed by atoms with van der Waals surface area (Å²) >= 11 is 0. The van der Waals surface area contributed by atoms with Crippen molar-refractivity contribution in [2.75, 3.05) is 11.9 Å². The van der Waals surface area contributed by atoms with Crippen LogP contribution < -0.4 is 10.1 Å². The van der Waals surface area contributed by atoms with Crippen LogP contribution in [0.2, 0.25) is 0 Å². The number of nitrogens with one attached hydrogen (secondary N) is 1. The smallest absolute Gasteiger partial charge is 0.461 e. The summed E-state index contributed by atoms with van der Waals surface area (Å²) in [6.45, 7) is -0.251. The highest BCUT2D eigenvalue weighted by Crippen LogP contribution is 2.40. The first-order valence-electron chi connectivity index (χ1n) is 5.99. The number of rotatable bonds is 3. The van der Waals surface area contributed by atoms with Gasteiger partial charge < -0.3 is 15.2 Å². The van der Waals surface area contributed by atoms with Gasteiger partial charge in [0.2, 0.25) is 0 Å². The Hall–Kier alpha value is -2.65. The fourth-order valence-electron chi connectivity index (χ4n) is 1.68. The number of alkyl halides is 5. The number of benzene rings is 1. The lowest BCUT2D eigenvalue weighted by atomic mass is 10.1. The van der Waals surface area contributed by atoms with E-state index in [2.05, 4.69) is 5.32 Å². The molecule has 0 saturated heterocycles. The van der Waals surface area contributed by atoms with Gasteiger partial charge in [0.15, 0.2) is 18.1 Å². The number of allylic oxidation sites excluding steroid dienone is 2. The zero-order valence-electron chi connectivity index (χ0n) is 11.1. The lowest BCUT2D eigenvalue weighted by Crippen LogP contribution is -2.38. The van der Waals surface area contributed by atoms with Crippen molar-refractivity contribution in [3.63, 3.8) is 0 Å². The fraction of sp³-hybridized carbons (Fsp3) is 0.231. The normalized spacial score (nSPS) is 15.5. The van der Waals surface area contributed by atoms with Crippen molar-refractivity contribution in [1.29, 1.82) is 0 Å². The Bertz CT molecular complexity index is 696. The molecule has 0 unspecified atom stereocenters. The Kier molecular flexibility index (Phi) is 4.01. The van der Waals surface area contributed by atoms with E-state index in [1.807, 2.05) is 0 Å². The molecule has 1 aromatic carbocycles. The van der Waals surface area contributed by atoms with E-state index in [9.17, 15) is 31.5 Å². The van der Waals surface area contributed by atoms with E-state index in [0.717, 1.165) is 12.1 Å². The van der Waals surface area contributed by atoms with Crippen molar-refractivity contribution in [3.05, 3.63) is 35.6 Å². The molecule has 2 rings (SSSR count). The van der Waals surface area contributed by atoms with Crippen molar-refractivity contribution in [3.8, 4) is 5.75 Å². The first-order valence-corrected chi connectivity index (χ1v) is 5.99. The summed E-state index contributed by atoms with van der Waals surface area (Å²) in [7, 11) is 0. The second-order valence-corrected chi connectivity index (χ2v) is 4.51. The summed E-state index contributed by atoms with van der Waals surface area (Å²) in [5, 5.41) is 11.2. The highest BCUT2D eigenvalue weighted by atomic mass is 19.4. The molecule has 1 aliphatic heterocycles. The number of anilines is 1. The summed E-state index contributed by atoms with van der Waals surface area (Å²) in [6.07, 6.45) is -6.26. The summed E-state index contributed by atoms with van der Waals surface area (Å²) in [5.41, 5.74) is -0.262. The number of ether oxygens (including phenoxy) is 1. The van der Waals surface area contributed by atoms with Crippen LogP contribution >= 0.6 is 0 Å². The van der Waals surface area contributed by atoms with Gasteiger partial charge in [-0.25, -0.2) is 0 Å². The first kappa shape index (κ1) is 16.7. The Balaban J connectivity index is 2.29. The number of hydrogen-bond acceptors (Lipinski definition) is 4. The average Bonchev–Trinajstić information content (AvgIpc) is 2.44. The number of halogens is 5. The van der Waals surface area contributed by atoms with Crippen molar-refractivity contribution < 1.29 is 41.4 Å². The van der Waals surface area contributed by atoms with Crippen LogP contribution in [-0.2, 0) is 4.79 Å². The predicted octanol–water partition coefficient (Wildman–Crippen LogP) is 2.84. The van der Waals surface area contributed by atoms with Gasteiger partial charge in [-0.05, 0) is 18.2 Å². The third kappa shape index (κ3) is 3.25. The lowest BCUT2D eigenvalue weighted by molar-refractivity contribution is -0.274. The molecule has 0 spiro atoms. The number of hydrogen-bond donors (Lipinski definition) is 2. The van der Waals surface area contributed by atoms with Crippen molar-refractivity contribution in [2.24, 2.45) is 0 Å². The van der Waals surface area contributed by atoms with Gasteiger partial charge in [-0.1, -0.05) is 0 Å². The van der Waals surface area contributed by atoms with Gasteiger partial charge in [-0.2, -0.15) is 22.0 Å². The van der Waals surface area contributed by atoms with Gasteiger partial charge in [0, 0.05) is 11.6 Å². The number of aliphatic hydroxyl groups is 1. The number of carbonyl (C=O) groups is 2. The van der Waals surface area contributed by atoms with E-state index in [-0.39, 0.29) is 29.7 Å². The maximum Gasteiger partial charge on any atom is 0.461 e. The number of amides is 1. The molecule has 0 bridgehead atoms. The van der Waals surface area contributed by atoms with Crippen LogP contribution in [0.3, 0.4) is 0 Å². The van der Waals surface area contributed by atoms with Crippen molar-refractivity contribution in [2.45, 2.75) is 12.1 Å². The lowest BCUT2D eigenvalue weighted by Gasteiger charge is -2.19. The van der Waals surface area contributed by atoms with E-state index in [1.54, 1.807) is 0 Å². The topological polar surface area (TPSA) is 75.6 Å². The maximum atomic E-state index is 12.9. The molecule has 0 saturated carbocycles. The molecule has 0 aliphatic carbocycles. The number of aliphatic hydroxyl groups excluding tert-OH is 1. The SMILES string of the molecule is O=C1COc2ccc(C(=O)C=C(O)C(F)(F)C(F)(F)F)cc2N1. The Morgan fingerprint density at radius 1 is 1.26 bits per heavy atom. The molecule has 5 nitrogen and oxygen atoms in total. The molecule has 0 fully saturated rings. The van der Waals surface area contributed by atoms with Gasteiger partial charge >= 0.3 is 12.1 Å². The molecule has 0 radical (unpaired) electrons. The molecule has 1 amide bonds. The minimum absolute atomic E-state index is 0.0579. The van der Waals surface area contributed by atoms with Crippen molar-refractivity contribution >= 4 is 17.4 Å². The minimum Gasteiger partial charge on any atom is -0.506 e. The molecule has 1 heterocycles. The fourth-order valence-corrected chi connectivity index (χ4v) is 1.68. The van der Waals surface area contributed by atoms with Crippen LogP contribution in [0.15, 0.2) is 30.0 Å². The highest BCUT2D eigenvalue weighted by Gasteiger charge is 2.61. The Morgan fingerprint density at radius 2 is 1.91 bits per heavy atom. The Labute approximate surface area is 125 Å². The van der Waals surface area contributed by atoms with E-state index < -0.39 is 29.5 Å². The van der Waals surface area contributed by atoms with Crippen LogP contribution in [0.1, 0.15) is 10.4 Å². The summed E-state index contributed by atoms with van der Waals surface area (Å²) in [6, 6.07) is 3.35. The molecule has 1 aliphatic rings. The van der Waals surface area contributed by atoms with Gasteiger partial charge in [0.1, 0.15) is 5.75 Å². The van der Waals surface area contributed by atoms with Crippen molar-refractivity contribution in [1.82, 2.24) is 0 Å². The van der Waals surface area contributed by atoms with E-state index in [4.69, 9.17) is 9.84 Å². The van der Waals surface area contributed by atoms with Crippen LogP contribution in [-0.4, -0.2) is 35.5 Å². The standard InChI is InChI=1S/C13H8F5NO4/c14-12(15,13(16,17)18)10(21)4-8(20)6-1-2-9-7(3-6)19-11(22)5-23-9/h1-4,21H,5H2,(H,19,22). The number of carbonyl (C=O) groups excluding carboxylic acids is 2. The number of ketones is 1. The Morgan fingerprint density at radius 3 is 2.52 bits per heavy atom. The average molecular weight is 337 g/mol. The van der Waals surface area contributed by atoms with Gasteiger partial charge in [-0.3, -0.25) is 9.59 Å². The summed E-state index contributed by atoms with van der Waals surface area (Å²) in [4.78, 5) is 22.8. The van der Waals surface area contributed by atoms with Gasteiger partial charge in [-0.15, -0.1) is 0 Å². The third-order valence-electron chi connectivity index (χ3n) is 2.84. The monoisotopic (exact) mass is 337 g/mol. The second kappa shape index (κ2) is 5.52.